The molecule has 1 aliphatic rings. The molecule has 1 aromatic heterocycles. The molecule has 1 saturated heterocycles. The minimum absolute atomic E-state index is 0.0348. The van der Waals surface area contributed by atoms with Crippen LogP contribution in [0.25, 0.3) is 11.3 Å². The van der Waals surface area contributed by atoms with Crippen LogP contribution < -0.4 is 0 Å². The first-order chi connectivity index (χ1) is 13.0. The molecule has 1 fully saturated rings. The molecule has 2 heterocycles. The van der Waals surface area contributed by atoms with Crippen molar-refractivity contribution in [2.45, 2.75) is 0 Å². The van der Waals surface area contributed by atoms with E-state index in [1.54, 1.807) is 24.3 Å². The van der Waals surface area contributed by atoms with Crippen LogP contribution in [0.5, 0.6) is 0 Å². The van der Waals surface area contributed by atoms with E-state index in [9.17, 15) is 24.5 Å². The van der Waals surface area contributed by atoms with E-state index in [0.29, 0.717) is 17.1 Å². The van der Waals surface area contributed by atoms with Gasteiger partial charge in [-0.25, -0.2) is 14.7 Å². The number of carbonyl (C=O) groups is 3. The molecule has 0 radical (unpaired) electrons. The number of nitro benzene ring substituents is 1. The van der Waals surface area contributed by atoms with Gasteiger partial charge in [0, 0.05) is 17.7 Å². The molecule has 1 aliphatic heterocycles. The molecule has 0 N–H and O–H groups in total. The Labute approximate surface area is 151 Å². The number of hydrogen-bond donors (Lipinski definition) is 0. The maximum absolute atomic E-state index is 12.0. The summed E-state index contributed by atoms with van der Waals surface area (Å²) in [4.78, 5) is 44.8. The van der Waals surface area contributed by atoms with Crippen LogP contribution in [-0.2, 0) is 14.3 Å². The highest BCUT2D eigenvalue weighted by Gasteiger charge is 2.36. The minimum atomic E-state index is -0.722. The zero-order chi connectivity index (χ0) is 19.4. The van der Waals surface area contributed by atoms with E-state index >= 15 is 0 Å². The zero-order valence-electron chi connectivity index (χ0n) is 13.7. The summed E-state index contributed by atoms with van der Waals surface area (Å²) in [6.07, 6.45) is 1.25. The van der Waals surface area contributed by atoms with Gasteiger partial charge in [-0.3, -0.25) is 19.7 Å². The Hall–Kier alpha value is -4.02. The lowest BCUT2D eigenvalue weighted by Gasteiger charge is -2.11. The number of benzene rings is 1. The highest BCUT2D eigenvalue weighted by Crippen LogP contribution is 2.24. The predicted octanol–water partition coefficient (Wildman–Crippen LogP) is 1.58. The predicted molar refractivity (Wildman–Crippen MR) is 89.4 cm³/mol. The summed E-state index contributed by atoms with van der Waals surface area (Å²) in [6.45, 7) is -0.624. The van der Waals surface area contributed by atoms with E-state index in [4.69, 9.17) is 4.42 Å². The number of hydrazone groups is 1. The van der Waals surface area contributed by atoms with Gasteiger partial charge in [-0.05, 0) is 24.3 Å². The number of furan rings is 1. The fourth-order valence-electron chi connectivity index (χ4n) is 2.30. The number of urea groups is 1. The Kier molecular flexibility index (Phi) is 4.92. The van der Waals surface area contributed by atoms with E-state index in [1.807, 2.05) is 0 Å². The Morgan fingerprint density at radius 1 is 1.22 bits per heavy atom. The van der Waals surface area contributed by atoms with E-state index < -0.39 is 23.6 Å². The molecular weight excluding hydrogens is 360 g/mol. The van der Waals surface area contributed by atoms with Crippen molar-refractivity contribution in [2.24, 2.45) is 5.10 Å². The Morgan fingerprint density at radius 3 is 2.63 bits per heavy atom. The van der Waals surface area contributed by atoms with Crippen LogP contribution in [0, 0.1) is 10.1 Å². The quantitative estimate of drug-likeness (QED) is 0.237. The van der Waals surface area contributed by atoms with Crippen LogP contribution in [0.3, 0.4) is 0 Å². The van der Waals surface area contributed by atoms with E-state index in [1.165, 1.54) is 18.3 Å². The van der Waals surface area contributed by atoms with Gasteiger partial charge in [-0.1, -0.05) is 0 Å². The van der Waals surface area contributed by atoms with Gasteiger partial charge in [0.25, 0.3) is 18.1 Å². The van der Waals surface area contributed by atoms with Crippen molar-refractivity contribution < 1.29 is 28.5 Å². The third-order valence-corrected chi connectivity index (χ3v) is 3.62. The number of hydrogen-bond acceptors (Lipinski definition) is 8. The second-order valence-corrected chi connectivity index (χ2v) is 5.30. The van der Waals surface area contributed by atoms with Gasteiger partial charge in [0.05, 0.1) is 11.1 Å². The lowest BCUT2D eigenvalue weighted by molar-refractivity contribution is -0.384. The number of non-ortho nitro benzene ring substituents is 1. The molecule has 3 amide bonds. The van der Waals surface area contributed by atoms with Crippen LogP contribution in [0.15, 0.2) is 45.9 Å². The van der Waals surface area contributed by atoms with E-state index in [0.717, 1.165) is 9.91 Å². The van der Waals surface area contributed by atoms with Crippen molar-refractivity contribution in [1.82, 2.24) is 9.91 Å². The third kappa shape index (κ3) is 3.81. The molecule has 27 heavy (non-hydrogen) atoms. The van der Waals surface area contributed by atoms with Gasteiger partial charge < -0.3 is 9.15 Å². The standard InChI is InChI=1S/C16H12N4O7/c21-10-26-9-18-15(22)8-19(16(18)23)17-7-13-5-6-14(27-13)11-1-3-12(4-2-11)20(24)25/h1-7,10H,8-9H2/b17-7+. The largest absolute Gasteiger partial charge is 0.455 e. The number of imide groups is 1. The molecule has 0 unspecified atom stereocenters. The summed E-state index contributed by atoms with van der Waals surface area (Å²) < 4.78 is 9.97. The summed E-state index contributed by atoms with van der Waals surface area (Å²) in [6, 6.07) is 8.32. The number of carbonyl (C=O) groups excluding carboxylic acids is 3. The van der Waals surface area contributed by atoms with Crippen LogP contribution in [-0.4, -0.2) is 52.7 Å². The van der Waals surface area contributed by atoms with Crippen molar-refractivity contribution in [3.05, 3.63) is 52.3 Å². The summed E-state index contributed by atoms with van der Waals surface area (Å²) in [7, 11) is 0. The lowest BCUT2D eigenvalue weighted by atomic mass is 10.1. The van der Waals surface area contributed by atoms with Crippen LogP contribution in [0.4, 0.5) is 10.5 Å². The smallest absolute Gasteiger partial charge is 0.350 e. The maximum atomic E-state index is 12.0. The average molecular weight is 372 g/mol. The Bertz CT molecular complexity index is 919. The Morgan fingerprint density at radius 2 is 1.96 bits per heavy atom. The van der Waals surface area contributed by atoms with Crippen molar-refractivity contribution in [2.75, 3.05) is 13.3 Å². The molecular formula is C16H12N4O7. The minimum Gasteiger partial charge on any atom is -0.455 e. The molecule has 0 saturated carbocycles. The molecule has 11 nitrogen and oxygen atoms in total. The van der Waals surface area contributed by atoms with Gasteiger partial charge in [0.1, 0.15) is 18.1 Å². The second kappa shape index (κ2) is 7.47. The van der Waals surface area contributed by atoms with Gasteiger partial charge in [0.15, 0.2) is 6.73 Å². The number of nitro groups is 1. The van der Waals surface area contributed by atoms with E-state index in [2.05, 4.69) is 9.84 Å². The van der Waals surface area contributed by atoms with Crippen LogP contribution >= 0.6 is 0 Å². The van der Waals surface area contributed by atoms with Gasteiger partial charge in [0.2, 0.25) is 0 Å². The molecule has 11 heteroatoms. The number of nitrogens with zero attached hydrogens (tertiary/aromatic N) is 4. The molecule has 0 spiro atoms. The molecule has 0 aliphatic carbocycles. The fraction of sp³-hybridized carbons (Fsp3) is 0.125. The molecule has 3 rings (SSSR count). The molecule has 138 valence electrons. The molecule has 2 aromatic rings. The number of amides is 3. The van der Waals surface area contributed by atoms with Crippen molar-refractivity contribution in [1.29, 1.82) is 0 Å². The summed E-state index contributed by atoms with van der Waals surface area (Å²) in [5.41, 5.74) is 0.595. The van der Waals surface area contributed by atoms with Crippen LogP contribution in [0.2, 0.25) is 0 Å². The number of ether oxygens (including phenoxy) is 1. The molecule has 1 aromatic carbocycles. The highest BCUT2D eigenvalue weighted by molar-refractivity contribution is 6.02. The molecule has 0 atom stereocenters. The van der Waals surface area contributed by atoms with Crippen molar-refractivity contribution in [3.63, 3.8) is 0 Å². The summed E-state index contributed by atoms with van der Waals surface area (Å²) in [5, 5.41) is 15.5. The Balaban J connectivity index is 1.68. The SMILES string of the molecule is O=COCN1C(=O)CN(/N=C/c2ccc(-c3ccc([N+](=O)[O-])cc3)o2)C1=O. The topological polar surface area (TPSA) is 136 Å². The summed E-state index contributed by atoms with van der Waals surface area (Å²) >= 11 is 0. The fourth-order valence-corrected chi connectivity index (χ4v) is 2.30. The maximum Gasteiger partial charge on any atom is 0.350 e. The monoisotopic (exact) mass is 372 g/mol. The first-order valence-electron chi connectivity index (χ1n) is 7.55. The molecule has 0 bridgehead atoms. The normalized spacial score (nSPS) is 14.2. The first kappa shape index (κ1) is 17.8. The van der Waals surface area contributed by atoms with Gasteiger partial charge >= 0.3 is 6.03 Å². The summed E-state index contributed by atoms with van der Waals surface area (Å²) in [5.74, 6) is 0.215. The van der Waals surface area contributed by atoms with E-state index in [-0.39, 0.29) is 18.7 Å². The highest BCUT2D eigenvalue weighted by atomic mass is 16.6. The van der Waals surface area contributed by atoms with Crippen molar-refractivity contribution in [3.8, 4) is 11.3 Å². The lowest BCUT2D eigenvalue weighted by Crippen LogP contribution is -2.33. The van der Waals surface area contributed by atoms with Crippen molar-refractivity contribution >= 4 is 30.3 Å². The van der Waals surface area contributed by atoms with Crippen LogP contribution in [0.1, 0.15) is 5.76 Å². The van der Waals surface area contributed by atoms with Gasteiger partial charge in [-0.2, -0.15) is 5.10 Å². The number of rotatable bonds is 7. The zero-order valence-corrected chi connectivity index (χ0v) is 13.7. The first-order valence-corrected chi connectivity index (χ1v) is 7.55. The van der Waals surface area contributed by atoms with Gasteiger partial charge in [-0.15, -0.1) is 0 Å². The second-order valence-electron chi connectivity index (χ2n) is 5.30. The third-order valence-electron chi connectivity index (χ3n) is 3.62. The average Bonchev–Trinajstić information content (AvgIpc) is 3.23.